The standard InChI is InChI=1S/C15H21N3O3.C2H6/c1-9(2)17-8-11-14(19)16(3)7-10-5-6-12(21-4)13(15(17)20)18(10)11;1-2/h5,9,11H,6-8H2,1-4H3;1-2H3. The molecule has 23 heavy (non-hydrogen) atoms. The summed E-state index contributed by atoms with van der Waals surface area (Å²) in [5, 5.41) is 0. The van der Waals surface area contributed by atoms with Crippen LogP contribution in [-0.2, 0) is 14.3 Å². The largest absolute Gasteiger partial charge is 0.498 e. The van der Waals surface area contributed by atoms with Crippen LogP contribution in [0.5, 0.6) is 0 Å². The van der Waals surface area contributed by atoms with Gasteiger partial charge in [-0.1, -0.05) is 19.9 Å². The zero-order valence-corrected chi connectivity index (χ0v) is 14.9. The minimum Gasteiger partial charge on any atom is -0.498 e. The molecule has 3 rings (SSSR count). The van der Waals surface area contributed by atoms with Crippen LogP contribution in [0.25, 0.3) is 0 Å². The van der Waals surface area contributed by atoms with Crippen molar-refractivity contribution in [3.05, 3.63) is 23.2 Å². The predicted octanol–water partition coefficient (Wildman–Crippen LogP) is 1.55. The average Bonchev–Trinajstić information content (AvgIpc) is 2.55. The van der Waals surface area contributed by atoms with E-state index < -0.39 is 0 Å². The zero-order chi connectivity index (χ0) is 17.3. The van der Waals surface area contributed by atoms with E-state index in [9.17, 15) is 9.59 Å². The van der Waals surface area contributed by atoms with Crippen LogP contribution in [0.3, 0.4) is 0 Å². The summed E-state index contributed by atoms with van der Waals surface area (Å²) < 4.78 is 5.41. The lowest BCUT2D eigenvalue weighted by Gasteiger charge is -2.50. The van der Waals surface area contributed by atoms with Gasteiger partial charge < -0.3 is 19.4 Å². The fourth-order valence-corrected chi connectivity index (χ4v) is 3.28. The summed E-state index contributed by atoms with van der Waals surface area (Å²) in [6, 6.07) is -0.282. The van der Waals surface area contributed by atoms with E-state index in [0.717, 1.165) is 5.70 Å². The summed E-state index contributed by atoms with van der Waals surface area (Å²) in [4.78, 5) is 30.7. The molecule has 0 aliphatic carbocycles. The number of likely N-dealkylation sites (N-methyl/N-ethyl adjacent to an activating group) is 1. The van der Waals surface area contributed by atoms with Gasteiger partial charge in [0.25, 0.3) is 5.91 Å². The fourth-order valence-electron chi connectivity index (χ4n) is 3.28. The second-order valence-corrected chi connectivity index (χ2v) is 6.01. The van der Waals surface area contributed by atoms with Crippen molar-refractivity contribution in [2.45, 2.75) is 46.2 Å². The Morgan fingerprint density at radius 1 is 1.26 bits per heavy atom. The van der Waals surface area contributed by atoms with Crippen molar-refractivity contribution in [2.75, 3.05) is 27.2 Å². The van der Waals surface area contributed by atoms with Gasteiger partial charge in [-0.25, -0.2) is 0 Å². The molecule has 0 saturated carbocycles. The molecule has 3 heterocycles. The van der Waals surface area contributed by atoms with E-state index in [1.165, 1.54) is 0 Å². The second-order valence-electron chi connectivity index (χ2n) is 6.01. The molecule has 0 spiro atoms. The van der Waals surface area contributed by atoms with Crippen molar-refractivity contribution in [1.29, 1.82) is 0 Å². The summed E-state index contributed by atoms with van der Waals surface area (Å²) >= 11 is 0. The predicted molar refractivity (Wildman–Crippen MR) is 88.2 cm³/mol. The Bertz CT molecular complexity index is 565. The van der Waals surface area contributed by atoms with Gasteiger partial charge in [-0.15, -0.1) is 0 Å². The van der Waals surface area contributed by atoms with Crippen LogP contribution in [0.2, 0.25) is 0 Å². The van der Waals surface area contributed by atoms with Crippen molar-refractivity contribution in [3.8, 4) is 0 Å². The van der Waals surface area contributed by atoms with E-state index in [1.807, 2.05) is 39.6 Å². The lowest BCUT2D eigenvalue weighted by Crippen LogP contribution is -2.65. The van der Waals surface area contributed by atoms with Gasteiger partial charge in [0.05, 0.1) is 20.2 Å². The van der Waals surface area contributed by atoms with E-state index in [4.69, 9.17) is 4.74 Å². The van der Waals surface area contributed by atoms with E-state index in [-0.39, 0.29) is 23.9 Å². The van der Waals surface area contributed by atoms with Crippen LogP contribution >= 0.6 is 0 Å². The number of ether oxygens (including phenoxy) is 1. The Morgan fingerprint density at radius 3 is 2.48 bits per heavy atom. The third-order valence-electron chi connectivity index (χ3n) is 4.41. The fraction of sp³-hybridized carbons (Fsp3) is 0.647. The molecule has 2 amide bonds. The Balaban J connectivity index is 0.000000924. The van der Waals surface area contributed by atoms with Gasteiger partial charge in [-0.05, 0) is 13.8 Å². The molecule has 2 saturated heterocycles. The molecule has 6 heteroatoms. The normalized spacial score (nSPS) is 23.5. The van der Waals surface area contributed by atoms with Crippen molar-refractivity contribution in [3.63, 3.8) is 0 Å². The molecule has 1 atom stereocenters. The molecule has 0 radical (unpaired) electrons. The molecule has 2 fully saturated rings. The van der Waals surface area contributed by atoms with Gasteiger partial charge >= 0.3 is 0 Å². The van der Waals surface area contributed by atoms with Crippen molar-refractivity contribution < 1.29 is 14.3 Å². The number of allylic oxidation sites excluding steroid dienone is 1. The maximum Gasteiger partial charge on any atom is 0.274 e. The molecule has 0 aromatic carbocycles. The molecule has 0 N–H and O–H groups in total. The first-order valence-corrected chi connectivity index (χ1v) is 8.27. The zero-order valence-electron chi connectivity index (χ0n) is 14.9. The quantitative estimate of drug-likeness (QED) is 0.774. The van der Waals surface area contributed by atoms with Crippen LogP contribution in [0.4, 0.5) is 0 Å². The molecule has 3 aliphatic heterocycles. The van der Waals surface area contributed by atoms with Crippen LogP contribution in [-0.4, -0.2) is 65.8 Å². The second kappa shape index (κ2) is 6.64. The van der Waals surface area contributed by atoms with Crippen LogP contribution in [0.1, 0.15) is 34.1 Å². The minimum absolute atomic E-state index is 0.0407. The molecule has 3 aliphatic rings. The summed E-state index contributed by atoms with van der Waals surface area (Å²) in [5.74, 6) is 0.664. The summed E-state index contributed by atoms with van der Waals surface area (Å²) in [7, 11) is 3.39. The SMILES string of the molecule is CC.COC1=C2C(=O)N(C(C)C)CC3C(=O)N(C)CC(=CC1)N23. The maximum atomic E-state index is 12.8. The van der Waals surface area contributed by atoms with Gasteiger partial charge in [-0.2, -0.15) is 0 Å². The molecule has 0 aromatic rings. The number of amides is 2. The Hall–Kier alpha value is -1.98. The van der Waals surface area contributed by atoms with E-state index in [1.54, 1.807) is 16.9 Å². The molecule has 0 bridgehead atoms. The topological polar surface area (TPSA) is 53.1 Å². The van der Waals surface area contributed by atoms with E-state index in [0.29, 0.717) is 31.0 Å². The highest BCUT2D eigenvalue weighted by molar-refractivity contribution is 5.98. The van der Waals surface area contributed by atoms with Gasteiger partial charge in [0.1, 0.15) is 17.5 Å². The lowest BCUT2D eigenvalue weighted by molar-refractivity contribution is -0.146. The van der Waals surface area contributed by atoms with Crippen molar-refractivity contribution in [2.24, 2.45) is 0 Å². The number of carbonyl (C=O) groups excluding carboxylic acids is 2. The number of carbonyl (C=O) groups is 2. The van der Waals surface area contributed by atoms with Gasteiger partial charge in [0, 0.05) is 25.2 Å². The molecule has 6 nitrogen and oxygen atoms in total. The highest BCUT2D eigenvalue weighted by Crippen LogP contribution is 2.36. The number of hydrogen-bond donors (Lipinski definition) is 0. The number of methoxy groups -OCH3 is 1. The van der Waals surface area contributed by atoms with Gasteiger partial charge in [0.2, 0.25) is 5.91 Å². The number of hydrogen-bond acceptors (Lipinski definition) is 4. The first kappa shape index (κ1) is 17.4. The van der Waals surface area contributed by atoms with Crippen LogP contribution in [0, 0.1) is 0 Å². The maximum absolute atomic E-state index is 12.8. The highest BCUT2D eigenvalue weighted by Gasteiger charge is 2.48. The summed E-state index contributed by atoms with van der Waals surface area (Å²) in [6.45, 7) is 8.91. The monoisotopic (exact) mass is 321 g/mol. The third kappa shape index (κ3) is 2.71. The molecule has 0 aromatic heterocycles. The number of nitrogens with zero attached hydrogens (tertiary/aromatic N) is 3. The Morgan fingerprint density at radius 2 is 1.91 bits per heavy atom. The summed E-state index contributed by atoms with van der Waals surface area (Å²) in [5.41, 5.74) is 1.57. The third-order valence-corrected chi connectivity index (χ3v) is 4.41. The van der Waals surface area contributed by atoms with Crippen molar-refractivity contribution in [1.82, 2.24) is 14.7 Å². The Labute approximate surface area is 138 Å². The smallest absolute Gasteiger partial charge is 0.274 e. The van der Waals surface area contributed by atoms with Crippen LogP contribution < -0.4 is 0 Å². The average molecular weight is 321 g/mol. The lowest BCUT2D eigenvalue weighted by atomic mass is 9.97. The minimum atomic E-state index is -0.337. The number of piperazine rings is 2. The van der Waals surface area contributed by atoms with Gasteiger partial charge in [-0.3, -0.25) is 9.59 Å². The van der Waals surface area contributed by atoms with E-state index >= 15 is 0 Å². The summed E-state index contributed by atoms with van der Waals surface area (Å²) in [6.07, 6.45) is 2.65. The molecular formula is C17H27N3O3. The first-order valence-electron chi connectivity index (χ1n) is 8.27. The molecular weight excluding hydrogens is 294 g/mol. The van der Waals surface area contributed by atoms with Gasteiger partial charge in [0.15, 0.2) is 0 Å². The van der Waals surface area contributed by atoms with Crippen molar-refractivity contribution >= 4 is 11.8 Å². The first-order chi connectivity index (χ1) is 11.0. The van der Waals surface area contributed by atoms with Crippen LogP contribution in [0.15, 0.2) is 23.2 Å². The van der Waals surface area contributed by atoms with E-state index in [2.05, 4.69) is 6.08 Å². The molecule has 1 unspecified atom stereocenters. The highest BCUT2D eigenvalue weighted by atomic mass is 16.5. The molecule has 128 valence electrons. The number of rotatable bonds is 2. The Kier molecular flexibility index (Phi) is 5.02.